The van der Waals surface area contributed by atoms with Crippen molar-refractivity contribution in [2.24, 2.45) is 0 Å². The summed E-state index contributed by atoms with van der Waals surface area (Å²) in [6.07, 6.45) is 0. The van der Waals surface area contributed by atoms with Crippen molar-refractivity contribution in [3.63, 3.8) is 0 Å². The first-order valence-corrected chi connectivity index (χ1v) is 10.8. The van der Waals surface area contributed by atoms with Gasteiger partial charge in [0.2, 0.25) is 5.13 Å². The number of rotatable bonds is 5. The molecule has 0 radical (unpaired) electrons. The van der Waals surface area contributed by atoms with E-state index in [0.717, 1.165) is 15.8 Å². The molecule has 5 aromatic rings. The first kappa shape index (κ1) is 19.6. The molecule has 0 spiro atoms. The third kappa shape index (κ3) is 3.54. The van der Waals surface area contributed by atoms with Crippen LogP contribution in [0.3, 0.4) is 0 Å². The van der Waals surface area contributed by atoms with Gasteiger partial charge in [0.15, 0.2) is 17.1 Å². The number of benzene rings is 2. The smallest absolute Gasteiger partial charge is 0.292 e. The van der Waals surface area contributed by atoms with Gasteiger partial charge in [-0.15, -0.1) is 0 Å². The molecule has 0 aliphatic carbocycles. The summed E-state index contributed by atoms with van der Waals surface area (Å²) in [6.45, 7) is 4.25. The molecule has 9 heteroatoms. The lowest BCUT2D eigenvalue weighted by atomic mass is 10.2. The van der Waals surface area contributed by atoms with Crippen LogP contribution in [0.1, 0.15) is 23.2 Å². The van der Waals surface area contributed by atoms with Crippen LogP contribution in [0.5, 0.6) is 5.75 Å². The van der Waals surface area contributed by atoms with Gasteiger partial charge in [-0.05, 0) is 38.1 Å². The van der Waals surface area contributed by atoms with E-state index in [9.17, 15) is 4.79 Å². The highest BCUT2D eigenvalue weighted by atomic mass is 35.5. The van der Waals surface area contributed by atoms with Crippen molar-refractivity contribution >= 4 is 55.8 Å². The molecule has 0 bridgehead atoms. The summed E-state index contributed by atoms with van der Waals surface area (Å²) in [6, 6.07) is 14.6. The summed E-state index contributed by atoms with van der Waals surface area (Å²) in [5.41, 5.74) is 1.99. The van der Waals surface area contributed by atoms with Gasteiger partial charge in [-0.2, -0.15) is 9.78 Å². The number of carbonyl (C=O) groups excluding carboxylic acids is 1. The highest BCUT2D eigenvalue weighted by molar-refractivity contribution is 7.20. The van der Waals surface area contributed by atoms with Crippen LogP contribution in [0.25, 0.3) is 26.3 Å². The van der Waals surface area contributed by atoms with Gasteiger partial charge in [0.25, 0.3) is 5.91 Å². The van der Waals surface area contributed by atoms with Crippen LogP contribution in [-0.4, -0.2) is 27.3 Å². The molecular formula is C22H17ClN4O3S. The number of hydrogen-bond acceptors (Lipinski definition) is 6. The van der Waals surface area contributed by atoms with Crippen molar-refractivity contribution in [1.29, 1.82) is 0 Å². The number of carbonyl (C=O) groups is 1. The lowest BCUT2D eigenvalue weighted by Crippen LogP contribution is -2.14. The fourth-order valence-corrected chi connectivity index (χ4v) is 4.55. The Labute approximate surface area is 186 Å². The second-order valence-electron chi connectivity index (χ2n) is 6.84. The number of ether oxygens (including phenoxy) is 1. The van der Waals surface area contributed by atoms with Gasteiger partial charge >= 0.3 is 0 Å². The van der Waals surface area contributed by atoms with Gasteiger partial charge in [0, 0.05) is 11.5 Å². The van der Waals surface area contributed by atoms with Gasteiger partial charge in [-0.25, -0.2) is 4.98 Å². The van der Waals surface area contributed by atoms with Crippen molar-refractivity contribution in [1.82, 2.24) is 14.8 Å². The fourth-order valence-electron chi connectivity index (χ4n) is 3.32. The van der Waals surface area contributed by atoms with Crippen LogP contribution < -0.4 is 10.1 Å². The van der Waals surface area contributed by atoms with Crippen LogP contribution in [-0.2, 0) is 0 Å². The Morgan fingerprint density at radius 3 is 2.90 bits per heavy atom. The summed E-state index contributed by atoms with van der Waals surface area (Å²) in [7, 11) is 0. The number of thiazole rings is 1. The number of anilines is 1. The first-order chi connectivity index (χ1) is 15.0. The zero-order chi connectivity index (χ0) is 21.5. The number of aromatic nitrogens is 3. The average molecular weight is 453 g/mol. The van der Waals surface area contributed by atoms with Gasteiger partial charge in [0.05, 0.1) is 22.0 Å². The van der Waals surface area contributed by atoms with Crippen LogP contribution >= 0.6 is 22.9 Å². The molecule has 0 saturated carbocycles. The van der Waals surface area contributed by atoms with Gasteiger partial charge in [-0.3, -0.25) is 4.79 Å². The third-order valence-electron chi connectivity index (χ3n) is 4.64. The molecule has 0 atom stereocenters. The molecule has 156 valence electrons. The lowest BCUT2D eigenvalue weighted by Gasteiger charge is -2.05. The quantitative estimate of drug-likeness (QED) is 0.362. The summed E-state index contributed by atoms with van der Waals surface area (Å²) >= 11 is 7.70. The minimum Gasteiger partial charge on any atom is -0.490 e. The van der Waals surface area contributed by atoms with E-state index in [4.69, 9.17) is 20.8 Å². The standard InChI is InChI=1S/C22H17ClN4O3S/c1-3-29-15-8-4-6-13-11-16(30-20(13)15)21(28)24-18-10-12(2)26-27(18)22-25-19-14(23)7-5-9-17(19)31-22/h4-11H,3H2,1-2H3,(H,24,28). The van der Waals surface area contributed by atoms with Crippen molar-refractivity contribution in [2.45, 2.75) is 13.8 Å². The monoisotopic (exact) mass is 452 g/mol. The van der Waals surface area contributed by atoms with Crippen LogP contribution in [0, 0.1) is 6.92 Å². The normalized spacial score (nSPS) is 11.3. The summed E-state index contributed by atoms with van der Waals surface area (Å²) in [5.74, 6) is 0.883. The maximum atomic E-state index is 12.9. The number of halogens is 1. The Balaban J connectivity index is 1.49. The fraction of sp³-hybridized carbons (Fsp3) is 0.136. The SMILES string of the molecule is CCOc1cccc2cc(C(=O)Nc3cc(C)nn3-c3nc4c(Cl)cccc4s3)oc12. The molecular weight excluding hydrogens is 436 g/mol. The van der Waals surface area contributed by atoms with E-state index in [1.54, 1.807) is 22.9 Å². The van der Waals surface area contributed by atoms with Crippen molar-refractivity contribution in [3.8, 4) is 10.9 Å². The summed E-state index contributed by atoms with van der Waals surface area (Å²) in [4.78, 5) is 17.5. The highest BCUT2D eigenvalue weighted by Gasteiger charge is 2.19. The Hall–Kier alpha value is -3.36. The molecule has 3 aromatic heterocycles. The second kappa shape index (κ2) is 7.72. The van der Waals surface area contributed by atoms with Crippen LogP contribution in [0.15, 0.2) is 52.9 Å². The van der Waals surface area contributed by atoms with Gasteiger partial charge < -0.3 is 14.5 Å². The minimum absolute atomic E-state index is 0.180. The lowest BCUT2D eigenvalue weighted by molar-refractivity contribution is 0.0998. The molecule has 0 aliphatic heterocycles. The number of amides is 1. The van der Waals surface area contributed by atoms with Crippen LogP contribution in [0.2, 0.25) is 5.02 Å². The molecule has 1 N–H and O–H groups in total. The summed E-state index contributed by atoms with van der Waals surface area (Å²) < 4.78 is 13.9. The van der Waals surface area contributed by atoms with E-state index >= 15 is 0 Å². The Morgan fingerprint density at radius 1 is 1.26 bits per heavy atom. The molecule has 1 amide bonds. The number of nitrogens with zero attached hydrogens (tertiary/aromatic N) is 3. The molecule has 2 aromatic carbocycles. The number of fused-ring (bicyclic) bond motifs is 2. The van der Waals surface area contributed by atoms with E-state index in [0.29, 0.717) is 39.4 Å². The largest absolute Gasteiger partial charge is 0.490 e. The molecule has 7 nitrogen and oxygen atoms in total. The van der Waals surface area contributed by atoms with Gasteiger partial charge in [-0.1, -0.05) is 41.1 Å². The molecule has 31 heavy (non-hydrogen) atoms. The molecule has 3 heterocycles. The zero-order valence-electron chi connectivity index (χ0n) is 16.7. The van der Waals surface area contributed by atoms with Crippen molar-refractivity contribution < 1.29 is 13.9 Å². The topological polar surface area (TPSA) is 82.2 Å². The van der Waals surface area contributed by atoms with Gasteiger partial charge in [0.1, 0.15) is 11.3 Å². The number of furan rings is 1. The zero-order valence-corrected chi connectivity index (χ0v) is 18.3. The molecule has 0 unspecified atom stereocenters. The van der Waals surface area contributed by atoms with E-state index in [-0.39, 0.29) is 11.7 Å². The second-order valence-corrected chi connectivity index (χ2v) is 8.25. The van der Waals surface area contributed by atoms with E-state index < -0.39 is 0 Å². The van der Waals surface area contributed by atoms with Crippen molar-refractivity contribution in [3.05, 3.63) is 65.0 Å². The minimum atomic E-state index is -0.390. The first-order valence-electron chi connectivity index (χ1n) is 9.62. The Kier molecular flexibility index (Phi) is 4.88. The number of hydrogen-bond donors (Lipinski definition) is 1. The summed E-state index contributed by atoms with van der Waals surface area (Å²) in [5, 5.41) is 9.34. The number of nitrogens with one attached hydrogen (secondary N) is 1. The number of para-hydroxylation sites is 2. The van der Waals surface area contributed by atoms with E-state index in [1.165, 1.54) is 11.3 Å². The molecule has 5 rings (SSSR count). The maximum Gasteiger partial charge on any atom is 0.292 e. The molecule has 0 fully saturated rings. The maximum absolute atomic E-state index is 12.9. The van der Waals surface area contributed by atoms with E-state index in [1.807, 2.05) is 44.2 Å². The predicted octanol–water partition coefficient (Wildman–Crippen LogP) is 5.84. The highest BCUT2D eigenvalue weighted by Crippen LogP contribution is 2.32. The molecule has 0 saturated heterocycles. The van der Waals surface area contributed by atoms with Crippen molar-refractivity contribution in [2.75, 3.05) is 11.9 Å². The third-order valence-corrected chi connectivity index (χ3v) is 5.95. The Bertz CT molecular complexity index is 1440. The predicted molar refractivity (Wildman–Crippen MR) is 122 cm³/mol. The number of aryl methyl sites for hydroxylation is 1. The molecule has 0 aliphatic rings. The Morgan fingerprint density at radius 2 is 2.10 bits per heavy atom. The van der Waals surface area contributed by atoms with E-state index in [2.05, 4.69) is 15.4 Å². The van der Waals surface area contributed by atoms with Crippen LogP contribution in [0.4, 0.5) is 5.82 Å². The average Bonchev–Trinajstić information content (AvgIpc) is 3.45.